The fourth-order valence-electron chi connectivity index (χ4n) is 2.91. The Labute approximate surface area is 169 Å². The molecule has 0 N–H and O–H groups in total. The Bertz CT molecular complexity index is 1000. The van der Waals surface area contributed by atoms with Crippen LogP contribution < -0.4 is 4.74 Å². The van der Waals surface area contributed by atoms with Crippen molar-refractivity contribution in [1.82, 2.24) is 5.39 Å². The average molecular weight is 388 g/mol. The molecule has 1 fully saturated rings. The van der Waals surface area contributed by atoms with E-state index < -0.39 is 0 Å². The molecular weight excluding hydrogens is 368 g/mol. The molecule has 1 heterocycles. The van der Waals surface area contributed by atoms with Gasteiger partial charge < -0.3 is 4.74 Å². The van der Waals surface area contributed by atoms with Crippen LogP contribution in [0.3, 0.4) is 0 Å². The smallest absolute Gasteiger partial charge is 0.135 e. The quantitative estimate of drug-likeness (QED) is 0.591. The first kappa shape index (κ1) is 19.1. The van der Waals surface area contributed by atoms with Gasteiger partial charge in [-0.05, 0) is 60.0 Å². The Balaban J connectivity index is 1.36. The van der Waals surface area contributed by atoms with Gasteiger partial charge in [0.05, 0.1) is 23.6 Å². The van der Waals surface area contributed by atoms with Crippen LogP contribution in [0.2, 0.25) is 0 Å². The van der Waals surface area contributed by atoms with Gasteiger partial charge in [0.1, 0.15) is 24.2 Å². The molecule has 4 rings (SSSR count). The van der Waals surface area contributed by atoms with Crippen molar-refractivity contribution >= 4 is 0 Å². The summed E-state index contributed by atoms with van der Waals surface area (Å²) in [6.07, 6.45) is -0.191. The van der Waals surface area contributed by atoms with E-state index in [1.165, 1.54) is 0 Å². The second-order valence-corrected chi connectivity index (χ2v) is 6.62. The Morgan fingerprint density at radius 3 is 2.55 bits per heavy atom. The van der Waals surface area contributed by atoms with Crippen LogP contribution in [-0.2, 0) is 21.1 Å². The summed E-state index contributed by atoms with van der Waals surface area (Å²) in [6, 6.07) is 24.7. The van der Waals surface area contributed by atoms with Gasteiger partial charge in [-0.25, -0.2) is 14.5 Å². The fraction of sp³-hybridized carbons (Fsp3) is 0.174. The van der Waals surface area contributed by atoms with Crippen molar-refractivity contribution in [3.8, 4) is 17.6 Å². The molecule has 3 aromatic rings. The lowest BCUT2D eigenvalue weighted by Crippen LogP contribution is -2.17. The number of hydrogen-bond donors (Lipinski definition) is 0. The van der Waals surface area contributed by atoms with Crippen LogP contribution in [-0.4, -0.2) is 12.0 Å². The summed E-state index contributed by atoms with van der Waals surface area (Å²) >= 11 is 0. The second kappa shape index (κ2) is 8.86. The van der Waals surface area contributed by atoms with E-state index in [2.05, 4.69) is 6.07 Å². The number of nitriles is 1. The molecule has 0 aromatic heterocycles. The van der Waals surface area contributed by atoms with E-state index in [9.17, 15) is 0 Å². The Morgan fingerprint density at radius 1 is 1.03 bits per heavy atom. The molecular formula is C23H20N2O4. The number of ether oxygens (including phenoxy) is 1. The summed E-state index contributed by atoms with van der Waals surface area (Å²) < 4.78 is 5.88. The predicted octanol–water partition coefficient (Wildman–Crippen LogP) is 5.01. The third-order valence-corrected chi connectivity index (χ3v) is 4.58. The molecule has 1 aliphatic rings. The highest BCUT2D eigenvalue weighted by Crippen LogP contribution is 2.28. The third-order valence-electron chi connectivity index (χ3n) is 4.58. The molecule has 3 aromatic carbocycles. The molecule has 29 heavy (non-hydrogen) atoms. The summed E-state index contributed by atoms with van der Waals surface area (Å²) in [7, 11) is 0. The van der Waals surface area contributed by atoms with Crippen LogP contribution in [0.1, 0.15) is 28.4 Å². The molecule has 0 spiro atoms. The average Bonchev–Trinajstić information content (AvgIpc) is 3.24. The minimum atomic E-state index is -0.191. The minimum Gasteiger partial charge on any atom is -0.457 e. The zero-order chi connectivity index (χ0) is 20.1. The van der Waals surface area contributed by atoms with Gasteiger partial charge in [-0.1, -0.05) is 36.4 Å². The second-order valence-electron chi connectivity index (χ2n) is 6.62. The van der Waals surface area contributed by atoms with E-state index in [0.717, 1.165) is 22.1 Å². The van der Waals surface area contributed by atoms with Gasteiger partial charge in [0, 0.05) is 0 Å². The first-order valence-electron chi connectivity index (χ1n) is 9.26. The van der Waals surface area contributed by atoms with Crippen molar-refractivity contribution in [3.05, 3.63) is 95.1 Å². The molecule has 146 valence electrons. The largest absolute Gasteiger partial charge is 0.457 e. The zero-order valence-corrected chi connectivity index (χ0v) is 15.9. The van der Waals surface area contributed by atoms with E-state index in [0.29, 0.717) is 23.7 Å². The highest BCUT2D eigenvalue weighted by Gasteiger charge is 2.27. The lowest BCUT2D eigenvalue weighted by molar-refractivity contribution is -0.493. The molecule has 0 saturated carbocycles. The number of nitrogens with zero attached hydrogens (tertiary/aromatic N) is 2. The topological polar surface area (TPSA) is 64.0 Å². The first-order chi connectivity index (χ1) is 14.2. The number of benzene rings is 3. The maximum atomic E-state index is 8.89. The standard InChI is InChI=1S/C23H20N2O4/c1-17-7-10-22(28-21-11-8-18(14-24)9-12-21)13-20(17)15-26-25-27-16-23(29-25)19-5-3-2-4-6-19/h2-13,23H,15-16H2,1H3. The molecule has 0 radical (unpaired) electrons. The van der Waals surface area contributed by atoms with Gasteiger partial charge in [-0.3, -0.25) is 0 Å². The molecule has 1 atom stereocenters. The number of aryl methyl sites for hydroxylation is 1. The first-order valence-corrected chi connectivity index (χ1v) is 9.26. The van der Waals surface area contributed by atoms with Crippen LogP contribution in [0, 0.1) is 18.3 Å². The van der Waals surface area contributed by atoms with E-state index in [4.69, 9.17) is 24.5 Å². The van der Waals surface area contributed by atoms with Crippen molar-refractivity contribution < 1.29 is 19.2 Å². The van der Waals surface area contributed by atoms with Gasteiger partial charge in [0.2, 0.25) is 0 Å². The summed E-state index contributed by atoms with van der Waals surface area (Å²) in [5, 5.41) is 9.96. The van der Waals surface area contributed by atoms with Gasteiger partial charge >= 0.3 is 0 Å². The van der Waals surface area contributed by atoms with E-state index in [1.54, 1.807) is 24.3 Å². The van der Waals surface area contributed by atoms with E-state index in [1.807, 2.05) is 55.5 Å². The van der Waals surface area contributed by atoms with Crippen molar-refractivity contribution in [2.24, 2.45) is 0 Å². The van der Waals surface area contributed by atoms with Gasteiger partial charge in [-0.15, -0.1) is 0 Å². The van der Waals surface area contributed by atoms with Crippen molar-refractivity contribution in [2.45, 2.75) is 19.6 Å². The summed E-state index contributed by atoms with van der Waals surface area (Å²) in [6.45, 7) is 2.67. The summed E-state index contributed by atoms with van der Waals surface area (Å²) in [5.74, 6) is 1.35. The molecule has 1 unspecified atom stereocenters. The number of rotatable bonds is 6. The van der Waals surface area contributed by atoms with Crippen LogP contribution in [0.4, 0.5) is 0 Å². The van der Waals surface area contributed by atoms with Crippen molar-refractivity contribution in [2.75, 3.05) is 6.61 Å². The molecule has 0 amide bonds. The predicted molar refractivity (Wildman–Crippen MR) is 105 cm³/mol. The minimum absolute atomic E-state index is 0.191. The fourth-order valence-corrected chi connectivity index (χ4v) is 2.91. The SMILES string of the molecule is Cc1ccc(Oc2ccc(C#N)cc2)cc1CON1OCC(c2ccccc2)O1. The molecule has 0 bridgehead atoms. The molecule has 0 aliphatic carbocycles. The maximum absolute atomic E-state index is 8.89. The highest BCUT2D eigenvalue weighted by molar-refractivity contribution is 5.40. The van der Waals surface area contributed by atoms with Gasteiger partial charge in [0.15, 0.2) is 0 Å². The lowest BCUT2D eigenvalue weighted by atomic mass is 10.1. The molecule has 1 saturated heterocycles. The normalized spacial score (nSPS) is 16.5. The molecule has 6 heteroatoms. The van der Waals surface area contributed by atoms with Gasteiger partial charge in [-0.2, -0.15) is 5.26 Å². The Kier molecular flexibility index (Phi) is 5.84. The summed E-state index contributed by atoms with van der Waals surface area (Å²) in [5.41, 5.74) is 3.64. The van der Waals surface area contributed by atoms with E-state index >= 15 is 0 Å². The van der Waals surface area contributed by atoms with Gasteiger partial charge in [0.25, 0.3) is 0 Å². The molecule has 1 aliphatic heterocycles. The Morgan fingerprint density at radius 2 is 1.79 bits per heavy atom. The van der Waals surface area contributed by atoms with Crippen LogP contribution in [0.25, 0.3) is 0 Å². The number of hydrogen-bond acceptors (Lipinski definition) is 6. The van der Waals surface area contributed by atoms with Crippen LogP contribution in [0.5, 0.6) is 11.5 Å². The molecule has 6 nitrogen and oxygen atoms in total. The monoisotopic (exact) mass is 388 g/mol. The lowest BCUT2D eigenvalue weighted by Gasteiger charge is -2.15. The van der Waals surface area contributed by atoms with Crippen LogP contribution >= 0.6 is 0 Å². The van der Waals surface area contributed by atoms with Crippen molar-refractivity contribution in [3.63, 3.8) is 0 Å². The summed E-state index contributed by atoms with van der Waals surface area (Å²) in [4.78, 5) is 16.8. The highest BCUT2D eigenvalue weighted by atomic mass is 17.2. The third kappa shape index (κ3) is 4.80. The Hall–Kier alpha value is -3.21. The van der Waals surface area contributed by atoms with Crippen molar-refractivity contribution in [1.29, 1.82) is 5.26 Å². The van der Waals surface area contributed by atoms with E-state index in [-0.39, 0.29) is 12.7 Å². The zero-order valence-electron chi connectivity index (χ0n) is 15.9. The van der Waals surface area contributed by atoms with Crippen LogP contribution in [0.15, 0.2) is 72.8 Å². The maximum Gasteiger partial charge on any atom is 0.135 e.